The monoisotopic (exact) mass is 327 g/mol. The van der Waals surface area contributed by atoms with E-state index in [0.717, 1.165) is 36.8 Å². The molecule has 22 heavy (non-hydrogen) atoms. The maximum atomic E-state index is 11.1. The highest BCUT2D eigenvalue weighted by molar-refractivity contribution is 7.84. The van der Waals surface area contributed by atoms with Gasteiger partial charge in [0.1, 0.15) is 12.2 Å². The van der Waals surface area contributed by atoms with Crippen LogP contribution in [0.4, 0.5) is 0 Å². The Morgan fingerprint density at radius 1 is 1.27 bits per heavy atom. The first-order valence-electron chi connectivity index (χ1n) is 7.47. The Labute approximate surface area is 130 Å². The molecule has 1 aromatic rings. The maximum Gasteiger partial charge on any atom is 0.333 e. The van der Waals surface area contributed by atoms with Gasteiger partial charge in [-0.3, -0.25) is 4.18 Å². The van der Waals surface area contributed by atoms with Gasteiger partial charge < -0.3 is 9.47 Å². The number of aryl methyl sites for hydroxylation is 1. The SMILES string of the molecule is Cc1ccccc1[C@H]1OC2(CCCC2)O[C@@H]1COS(N)(=O)=O. The van der Waals surface area contributed by atoms with Crippen molar-refractivity contribution in [1.29, 1.82) is 0 Å². The van der Waals surface area contributed by atoms with E-state index in [2.05, 4.69) is 0 Å². The molecular formula is C15H21NO5S. The molecule has 0 amide bonds. The van der Waals surface area contributed by atoms with Crippen LogP contribution in [0.3, 0.4) is 0 Å². The van der Waals surface area contributed by atoms with Crippen LogP contribution >= 0.6 is 0 Å². The molecule has 2 aliphatic rings. The summed E-state index contributed by atoms with van der Waals surface area (Å²) in [4.78, 5) is 0. The molecule has 2 atom stereocenters. The molecule has 1 saturated heterocycles. The summed E-state index contributed by atoms with van der Waals surface area (Å²) in [5.41, 5.74) is 2.07. The van der Waals surface area contributed by atoms with Gasteiger partial charge in [0, 0.05) is 12.8 Å². The Morgan fingerprint density at radius 3 is 2.59 bits per heavy atom. The van der Waals surface area contributed by atoms with Crippen molar-refractivity contribution in [2.24, 2.45) is 5.14 Å². The largest absolute Gasteiger partial charge is 0.341 e. The van der Waals surface area contributed by atoms with Crippen molar-refractivity contribution in [2.45, 2.75) is 50.6 Å². The first-order valence-corrected chi connectivity index (χ1v) is 8.94. The fourth-order valence-electron chi connectivity index (χ4n) is 3.28. The lowest BCUT2D eigenvalue weighted by Gasteiger charge is -2.22. The van der Waals surface area contributed by atoms with Crippen LogP contribution in [0.25, 0.3) is 0 Å². The van der Waals surface area contributed by atoms with E-state index < -0.39 is 22.2 Å². The van der Waals surface area contributed by atoms with Crippen LogP contribution in [0.1, 0.15) is 42.9 Å². The van der Waals surface area contributed by atoms with Crippen molar-refractivity contribution in [3.05, 3.63) is 35.4 Å². The smallest absolute Gasteiger partial charge is 0.333 e. The quantitative estimate of drug-likeness (QED) is 0.913. The summed E-state index contributed by atoms with van der Waals surface area (Å²) in [6.07, 6.45) is 2.90. The molecular weight excluding hydrogens is 306 g/mol. The summed E-state index contributed by atoms with van der Waals surface area (Å²) in [7, 11) is -4.00. The van der Waals surface area contributed by atoms with Crippen molar-refractivity contribution in [2.75, 3.05) is 6.61 Å². The fraction of sp³-hybridized carbons (Fsp3) is 0.600. The Bertz CT molecular complexity index is 639. The highest BCUT2D eigenvalue weighted by atomic mass is 32.2. The molecule has 0 aromatic heterocycles. The summed E-state index contributed by atoms with van der Waals surface area (Å²) in [6.45, 7) is 1.86. The molecule has 1 aliphatic heterocycles. The van der Waals surface area contributed by atoms with Gasteiger partial charge in [-0.2, -0.15) is 8.42 Å². The number of nitrogens with two attached hydrogens (primary N) is 1. The molecule has 1 aliphatic carbocycles. The van der Waals surface area contributed by atoms with Crippen LogP contribution < -0.4 is 5.14 Å². The molecule has 1 aromatic carbocycles. The number of ether oxygens (including phenoxy) is 2. The third-order valence-corrected chi connectivity index (χ3v) is 4.77. The van der Waals surface area contributed by atoms with Crippen molar-refractivity contribution in [3.8, 4) is 0 Å². The van der Waals surface area contributed by atoms with Crippen LogP contribution in [0.5, 0.6) is 0 Å². The predicted octanol–water partition coefficient (Wildman–Crippen LogP) is 1.94. The van der Waals surface area contributed by atoms with Crippen LogP contribution in [-0.4, -0.2) is 26.9 Å². The van der Waals surface area contributed by atoms with Crippen molar-refractivity contribution in [1.82, 2.24) is 0 Å². The number of hydrogen-bond acceptors (Lipinski definition) is 5. The normalized spacial score (nSPS) is 27.5. The molecule has 2 N–H and O–H groups in total. The third-order valence-electron chi connectivity index (χ3n) is 4.30. The van der Waals surface area contributed by atoms with E-state index in [4.69, 9.17) is 18.8 Å². The second-order valence-electron chi connectivity index (χ2n) is 5.95. The Hall–Kier alpha value is -0.990. The molecule has 122 valence electrons. The van der Waals surface area contributed by atoms with E-state index in [0.29, 0.717) is 0 Å². The van der Waals surface area contributed by atoms with Gasteiger partial charge in [-0.25, -0.2) is 5.14 Å². The zero-order valence-electron chi connectivity index (χ0n) is 12.5. The van der Waals surface area contributed by atoms with E-state index >= 15 is 0 Å². The predicted molar refractivity (Wildman–Crippen MR) is 80.1 cm³/mol. The molecule has 3 rings (SSSR count). The Kier molecular flexibility index (Phi) is 4.26. The zero-order chi connectivity index (χ0) is 15.8. The highest BCUT2D eigenvalue weighted by Gasteiger charge is 2.50. The van der Waals surface area contributed by atoms with Gasteiger partial charge in [-0.1, -0.05) is 24.3 Å². The number of rotatable bonds is 4. The second-order valence-corrected chi connectivity index (χ2v) is 7.17. The highest BCUT2D eigenvalue weighted by Crippen LogP contribution is 2.47. The van der Waals surface area contributed by atoms with E-state index in [1.807, 2.05) is 31.2 Å². The van der Waals surface area contributed by atoms with Gasteiger partial charge in [0.2, 0.25) is 0 Å². The van der Waals surface area contributed by atoms with Crippen LogP contribution in [0, 0.1) is 6.92 Å². The Balaban J connectivity index is 1.85. The average Bonchev–Trinajstić information content (AvgIpc) is 3.04. The summed E-state index contributed by atoms with van der Waals surface area (Å²) in [5, 5.41) is 4.93. The topological polar surface area (TPSA) is 87.8 Å². The van der Waals surface area contributed by atoms with Crippen LogP contribution in [0.15, 0.2) is 24.3 Å². The minimum atomic E-state index is -4.00. The first kappa shape index (κ1) is 15.9. The summed E-state index contributed by atoms with van der Waals surface area (Å²) < 4.78 is 39.2. The minimum absolute atomic E-state index is 0.139. The maximum absolute atomic E-state index is 11.1. The Morgan fingerprint density at radius 2 is 1.95 bits per heavy atom. The second kappa shape index (κ2) is 5.90. The zero-order valence-corrected chi connectivity index (χ0v) is 13.3. The fourth-order valence-corrected chi connectivity index (χ4v) is 3.60. The lowest BCUT2D eigenvalue weighted by molar-refractivity contribution is -0.171. The summed E-state index contributed by atoms with van der Waals surface area (Å²) >= 11 is 0. The number of benzene rings is 1. The van der Waals surface area contributed by atoms with E-state index in [1.54, 1.807) is 0 Å². The lowest BCUT2D eigenvalue weighted by Crippen LogP contribution is -2.29. The van der Waals surface area contributed by atoms with Gasteiger partial charge in [-0.05, 0) is 30.9 Å². The van der Waals surface area contributed by atoms with Gasteiger partial charge in [0.15, 0.2) is 5.79 Å². The van der Waals surface area contributed by atoms with Crippen molar-refractivity contribution in [3.63, 3.8) is 0 Å². The van der Waals surface area contributed by atoms with Crippen molar-refractivity contribution >= 4 is 10.3 Å². The molecule has 1 spiro atoms. The van der Waals surface area contributed by atoms with Gasteiger partial charge in [0.25, 0.3) is 0 Å². The van der Waals surface area contributed by atoms with Crippen LogP contribution in [-0.2, 0) is 24.0 Å². The van der Waals surface area contributed by atoms with Gasteiger partial charge in [-0.15, -0.1) is 0 Å². The van der Waals surface area contributed by atoms with E-state index in [-0.39, 0.29) is 12.7 Å². The van der Waals surface area contributed by atoms with Crippen molar-refractivity contribution < 1.29 is 22.1 Å². The molecule has 1 saturated carbocycles. The first-order chi connectivity index (χ1) is 10.4. The van der Waals surface area contributed by atoms with E-state index in [1.165, 1.54) is 0 Å². The summed E-state index contributed by atoms with van der Waals surface area (Å²) in [6, 6.07) is 7.86. The molecule has 6 nitrogen and oxygen atoms in total. The number of hydrogen-bond donors (Lipinski definition) is 1. The van der Waals surface area contributed by atoms with Crippen LogP contribution in [0.2, 0.25) is 0 Å². The lowest BCUT2D eigenvalue weighted by atomic mass is 10.00. The third kappa shape index (κ3) is 3.33. The van der Waals surface area contributed by atoms with E-state index in [9.17, 15) is 8.42 Å². The molecule has 0 bridgehead atoms. The van der Waals surface area contributed by atoms with Gasteiger partial charge >= 0.3 is 10.3 Å². The molecule has 2 fully saturated rings. The molecule has 0 unspecified atom stereocenters. The standard InChI is InChI=1S/C15H21NO5S/c1-11-6-2-3-7-12(11)14-13(10-19-22(16,17)18)20-15(21-14)8-4-5-9-15/h2-3,6-7,13-14H,4-5,8-10H2,1H3,(H2,16,17,18)/t13-,14-/m1/s1. The van der Waals surface area contributed by atoms with Gasteiger partial charge in [0.05, 0.1) is 6.61 Å². The summed E-state index contributed by atoms with van der Waals surface area (Å²) in [5.74, 6) is -0.612. The minimum Gasteiger partial charge on any atom is -0.341 e. The molecule has 0 radical (unpaired) electrons. The average molecular weight is 327 g/mol. The molecule has 7 heteroatoms. The molecule has 1 heterocycles.